The van der Waals surface area contributed by atoms with Crippen LogP contribution in [0, 0.1) is 6.92 Å². The smallest absolute Gasteiger partial charge is 0.376 e. The summed E-state index contributed by atoms with van der Waals surface area (Å²) in [6.07, 6.45) is 1.24. The summed E-state index contributed by atoms with van der Waals surface area (Å²) in [4.78, 5) is 23.2. The van der Waals surface area contributed by atoms with Crippen LogP contribution in [0.25, 0.3) is 0 Å². The van der Waals surface area contributed by atoms with E-state index in [2.05, 4.69) is 34.7 Å². The molecule has 1 N–H and O–H groups in total. The van der Waals surface area contributed by atoms with Crippen molar-refractivity contribution in [3.63, 3.8) is 0 Å². The number of hydrogen-bond acceptors (Lipinski definition) is 8. The number of methoxy groups -OCH3 is 1. The molecule has 94 valence electrons. The summed E-state index contributed by atoms with van der Waals surface area (Å²) in [7, 11) is 1.28. The molecule has 8 heteroatoms. The van der Waals surface area contributed by atoms with Crippen molar-refractivity contribution in [3.05, 3.63) is 29.8 Å². The van der Waals surface area contributed by atoms with E-state index < -0.39 is 5.97 Å². The number of hydrogen-bond donors (Lipinski definition) is 1. The maximum Gasteiger partial charge on any atom is 0.376 e. The summed E-state index contributed by atoms with van der Waals surface area (Å²) >= 11 is 0. The van der Waals surface area contributed by atoms with Gasteiger partial charge in [-0.2, -0.15) is 4.98 Å². The number of ether oxygens (including phenoxy) is 1. The van der Waals surface area contributed by atoms with Crippen LogP contribution in [0.5, 0.6) is 0 Å². The molecule has 0 aliphatic carbocycles. The normalized spacial score (nSPS) is 10.1. The van der Waals surface area contributed by atoms with E-state index in [1.54, 1.807) is 13.0 Å². The lowest BCUT2D eigenvalue weighted by molar-refractivity contribution is 0.0586. The van der Waals surface area contributed by atoms with Gasteiger partial charge in [-0.1, -0.05) is 5.16 Å². The first kappa shape index (κ1) is 12.0. The number of aryl methyl sites for hydroxylation is 1. The van der Waals surface area contributed by atoms with Crippen molar-refractivity contribution >= 4 is 11.8 Å². The highest BCUT2D eigenvalue weighted by molar-refractivity contribution is 5.85. The van der Waals surface area contributed by atoms with Crippen LogP contribution in [-0.2, 0) is 11.3 Å². The van der Waals surface area contributed by atoms with Crippen LogP contribution in [0.15, 0.2) is 17.0 Å². The second kappa shape index (κ2) is 5.21. The summed E-state index contributed by atoms with van der Waals surface area (Å²) in [6.45, 7) is 2.10. The summed E-state index contributed by atoms with van der Waals surface area (Å²) in [5.74, 6) is 0.410. The summed E-state index contributed by atoms with van der Waals surface area (Å²) < 4.78 is 9.16. The Labute approximate surface area is 102 Å². The van der Waals surface area contributed by atoms with Crippen LogP contribution in [0.4, 0.5) is 5.82 Å². The van der Waals surface area contributed by atoms with Crippen LogP contribution in [0.3, 0.4) is 0 Å². The molecule has 0 spiro atoms. The predicted octanol–water partition coefficient (Wildman–Crippen LogP) is 0.567. The van der Waals surface area contributed by atoms with Crippen LogP contribution < -0.4 is 5.32 Å². The number of anilines is 1. The van der Waals surface area contributed by atoms with Gasteiger partial charge in [0, 0.05) is 11.8 Å². The van der Waals surface area contributed by atoms with Gasteiger partial charge in [-0.15, -0.1) is 0 Å². The number of carbonyl (C=O) groups excluding carboxylic acids is 1. The Kier molecular flexibility index (Phi) is 3.46. The molecular formula is C10H11N5O3. The van der Waals surface area contributed by atoms with Gasteiger partial charge < -0.3 is 14.6 Å². The van der Waals surface area contributed by atoms with Crippen molar-refractivity contribution in [2.45, 2.75) is 13.5 Å². The van der Waals surface area contributed by atoms with Gasteiger partial charge in [-0.05, 0) is 6.92 Å². The fraction of sp³-hybridized carbons (Fsp3) is 0.300. The van der Waals surface area contributed by atoms with E-state index in [1.807, 2.05) is 0 Å². The van der Waals surface area contributed by atoms with Crippen molar-refractivity contribution in [3.8, 4) is 0 Å². The molecule has 2 heterocycles. The van der Waals surface area contributed by atoms with Gasteiger partial charge in [0.15, 0.2) is 5.82 Å². The standard InChI is InChI=1S/C10H11N5O3/c1-6-3-7(11-4-8-12-5-18-15-8)14-9(13-6)10(16)17-2/h3,5H,4H2,1-2H3,(H,11,13,14). The van der Waals surface area contributed by atoms with Crippen LogP contribution in [-0.4, -0.2) is 33.2 Å². The van der Waals surface area contributed by atoms with Crippen molar-refractivity contribution < 1.29 is 14.1 Å². The van der Waals surface area contributed by atoms with Crippen LogP contribution in [0.2, 0.25) is 0 Å². The Hall–Kier alpha value is -2.51. The molecule has 0 saturated heterocycles. The quantitative estimate of drug-likeness (QED) is 0.784. The first-order valence-corrected chi connectivity index (χ1v) is 5.12. The average Bonchev–Trinajstić information content (AvgIpc) is 2.88. The van der Waals surface area contributed by atoms with E-state index in [0.29, 0.717) is 23.9 Å². The Morgan fingerprint density at radius 2 is 2.33 bits per heavy atom. The summed E-state index contributed by atoms with van der Waals surface area (Å²) in [5, 5.41) is 6.61. The number of nitrogens with one attached hydrogen (secondary N) is 1. The van der Waals surface area contributed by atoms with E-state index in [9.17, 15) is 4.79 Å². The average molecular weight is 249 g/mol. The zero-order valence-electron chi connectivity index (χ0n) is 9.88. The molecule has 0 bridgehead atoms. The lowest BCUT2D eigenvalue weighted by Gasteiger charge is -2.05. The number of nitrogens with zero attached hydrogens (tertiary/aromatic N) is 4. The lowest BCUT2D eigenvalue weighted by atomic mass is 10.4. The molecule has 8 nitrogen and oxygen atoms in total. The van der Waals surface area contributed by atoms with Crippen molar-refractivity contribution in [2.24, 2.45) is 0 Å². The molecule has 0 atom stereocenters. The molecule has 0 amide bonds. The molecule has 0 aromatic carbocycles. The third kappa shape index (κ3) is 2.78. The Balaban J connectivity index is 2.12. The van der Waals surface area contributed by atoms with Crippen molar-refractivity contribution in [2.75, 3.05) is 12.4 Å². The highest BCUT2D eigenvalue weighted by Gasteiger charge is 2.11. The molecule has 2 aromatic rings. The largest absolute Gasteiger partial charge is 0.463 e. The Morgan fingerprint density at radius 1 is 1.50 bits per heavy atom. The first-order valence-electron chi connectivity index (χ1n) is 5.12. The third-order valence-electron chi connectivity index (χ3n) is 2.06. The van der Waals surface area contributed by atoms with Crippen molar-refractivity contribution in [1.82, 2.24) is 20.1 Å². The molecule has 0 radical (unpaired) electrons. The zero-order chi connectivity index (χ0) is 13.0. The Bertz CT molecular complexity index is 540. The Morgan fingerprint density at radius 3 is 3.00 bits per heavy atom. The minimum absolute atomic E-state index is 0.00751. The van der Waals surface area contributed by atoms with Gasteiger partial charge >= 0.3 is 5.97 Å². The van der Waals surface area contributed by atoms with Gasteiger partial charge in [0.1, 0.15) is 5.82 Å². The molecular weight excluding hydrogens is 238 g/mol. The van der Waals surface area contributed by atoms with Gasteiger partial charge in [0.2, 0.25) is 12.2 Å². The maximum atomic E-state index is 11.3. The van der Waals surface area contributed by atoms with E-state index in [0.717, 1.165) is 0 Å². The van der Waals surface area contributed by atoms with E-state index in [1.165, 1.54) is 13.5 Å². The molecule has 2 aromatic heterocycles. The fourth-order valence-electron chi connectivity index (χ4n) is 1.28. The second-order valence-electron chi connectivity index (χ2n) is 3.41. The van der Waals surface area contributed by atoms with Gasteiger partial charge in [-0.3, -0.25) is 0 Å². The van der Waals surface area contributed by atoms with Gasteiger partial charge in [-0.25, -0.2) is 14.8 Å². The highest BCUT2D eigenvalue weighted by Crippen LogP contribution is 2.08. The minimum Gasteiger partial charge on any atom is -0.463 e. The summed E-state index contributed by atoms with van der Waals surface area (Å²) in [5.41, 5.74) is 0.654. The molecule has 18 heavy (non-hydrogen) atoms. The van der Waals surface area contributed by atoms with Crippen molar-refractivity contribution in [1.29, 1.82) is 0 Å². The minimum atomic E-state index is -0.582. The van der Waals surface area contributed by atoms with E-state index >= 15 is 0 Å². The second-order valence-corrected chi connectivity index (χ2v) is 3.41. The van der Waals surface area contributed by atoms with Gasteiger partial charge in [0.05, 0.1) is 13.7 Å². The topological polar surface area (TPSA) is 103 Å². The highest BCUT2D eigenvalue weighted by atomic mass is 16.5. The number of carbonyl (C=O) groups is 1. The molecule has 2 rings (SSSR count). The SMILES string of the molecule is COC(=O)c1nc(C)cc(NCc2ncon2)n1. The zero-order valence-corrected chi connectivity index (χ0v) is 9.88. The fourth-order valence-corrected chi connectivity index (χ4v) is 1.28. The van der Waals surface area contributed by atoms with Gasteiger partial charge in [0.25, 0.3) is 0 Å². The number of aromatic nitrogens is 4. The van der Waals surface area contributed by atoms with Crippen LogP contribution >= 0.6 is 0 Å². The first-order chi connectivity index (χ1) is 8.69. The van der Waals surface area contributed by atoms with E-state index in [-0.39, 0.29) is 5.82 Å². The summed E-state index contributed by atoms with van der Waals surface area (Å²) in [6, 6.07) is 1.70. The molecule has 0 aliphatic rings. The maximum absolute atomic E-state index is 11.3. The van der Waals surface area contributed by atoms with E-state index in [4.69, 9.17) is 0 Å². The molecule has 0 saturated carbocycles. The lowest BCUT2D eigenvalue weighted by Crippen LogP contribution is -2.11. The monoisotopic (exact) mass is 249 g/mol. The van der Waals surface area contributed by atoms with Crippen LogP contribution in [0.1, 0.15) is 22.1 Å². The molecule has 0 aliphatic heterocycles. The number of rotatable bonds is 4. The predicted molar refractivity (Wildman–Crippen MR) is 59.7 cm³/mol. The molecule has 0 unspecified atom stereocenters. The third-order valence-corrected chi connectivity index (χ3v) is 2.06. The molecule has 0 fully saturated rings. The number of esters is 1.